The smallest absolute Gasteiger partial charge is 0.342 e. The van der Waals surface area contributed by atoms with E-state index in [1.54, 1.807) is 0 Å². The van der Waals surface area contributed by atoms with Gasteiger partial charge in [-0.25, -0.2) is 14.4 Å². The van der Waals surface area contributed by atoms with E-state index < -0.39 is 156 Å². The Labute approximate surface area is 356 Å². The van der Waals surface area contributed by atoms with Gasteiger partial charge in [-0.15, -0.1) is 6.58 Å². The Morgan fingerprint density at radius 3 is 2.11 bits per heavy atom. The number of aliphatic hydroxyl groups is 5. The Hall–Kier alpha value is -6.05. The predicted molar refractivity (Wildman–Crippen MR) is 200 cm³/mol. The van der Waals surface area contributed by atoms with E-state index in [-0.39, 0.29) is 18.6 Å². The molecule has 63 heavy (non-hydrogen) atoms. The third-order valence-electron chi connectivity index (χ3n) is 10.5. The maximum atomic E-state index is 14.0. The Morgan fingerprint density at radius 1 is 0.810 bits per heavy atom. The molecule has 8 N–H and O–H groups in total. The van der Waals surface area contributed by atoms with Crippen molar-refractivity contribution in [2.45, 2.75) is 93.6 Å². The fourth-order valence-electron chi connectivity index (χ4n) is 7.24. The first-order valence-corrected chi connectivity index (χ1v) is 19.1. The van der Waals surface area contributed by atoms with Gasteiger partial charge in [0.15, 0.2) is 41.3 Å². The number of cyclic esters (lactones) is 1. The summed E-state index contributed by atoms with van der Waals surface area (Å²) in [6, 6.07) is 6.64. The van der Waals surface area contributed by atoms with Crippen LogP contribution in [0.4, 0.5) is 0 Å². The second kappa shape index (κ2) is 19.1. The van der Waals surface area contributed by atoms with Gasteiger partial charge in [-0.05, 0) is 24.3 Å². The molecular formula is C40H44O23. The van der Waals surface area contributed by atoms with Crippen molar-refractivity contribution in [2.75, 3.05) is 19.8 Å². The number of esters is 5. The first-order chi connectivity index (χ1) is 29.9. The van der Waals surface area contributed by atoms with Crippen LogP contribution in [0.1, 0.15) is 41.0 Å². The Balaban J connectivity index is 1.38. The zero-order chi connectivity index (χ0) is 45.9. The molecule has 2 aromatic carbocycles. The van der Waals surface area contributed by atoms with E-state index in [9.17, 15) is 64.8 Å². The number of fused-ring (bicyclic) bond motifs is 1. The van der Waals surface area contributed by atoms with Crippen molar-refractivity contribution in [3.8, 4) is 23.0 Å². The summed E-state index contributed by atoms with van der Waals surface area (Å²) in [7, 11) is 0. The van der Waals surface area contributed by atoms with Crippen LogP contribution in [0.2, 0.25) is 0 Å². The van der Waals surface area contributed by atoms with Crippen LogP contribution in [-0.4, -0.2) is 164 Å². The molecule has 0 bridgehead atoms. The van der Waals surface area contributed by atoms with Crippen molar-refractivity contribution in [1.29, 1.82) is 0 Å². The van der Waals surface area contributed by atoms with Crippen molar-refractivity contribution in [1.82, 2.24) is 0 Å². The molecule has 4 heterocycles. The summed E-state index contributed by atoms with van der Waals surface area (Å²) < 4.78 is 56.1. The summed E-state index contributed by atoms with van der Waals surface area (Å²) >= 11 is 0. The van der Waals surface area contributed by atoms with Gasteiger partial charge in [0.1, 0.15) is 59.4 Å². The monoisotopic (exact) mass is 892 g/mol. The molecule has 3 fully saturated rings. The van der Waals surface area contributed by atoms with Gasteiger partial charge in [0.05, 0.1) is 25.4 Å². The number of aromatic hydroxyl groups is 3. The fourth-order valence-corrected chi connectivity index (χ4v) is 7.24. The summed E-state index contributed by atoms with van der Waals surface area (Å²) in [6.07, 6.45) is -18.1. The van der Waals surface area contributed by atoms with E-state index in [4.69, 9.17) is 47.4 Å². The summed E-state index contributed by atoms with van der Waals surface area (Å²) in [4.78, 5) is 65.3. The maximum Gasteiger partial charge on any atom is 0.342 e. The van der Waals surface area contributed by atoms with Crippen LogP contribution in [0.5, 0.6) is 23.0 Å². The second-order valence-electron chi connectivity index (χ2n) is 14.5. The van der Waals surface area contributed by atoms with Crippen LogP contribution < -0.4 is 4.74 Å². The Bertz CT molecular complexity index is 2100. The Morgan fingerprint density at radius 2 is 1.46 bits per heavy atom. The van der Waals surface area contributed by atoms with E-state index in [1.807, 2.05) is 0 Å². The molecule has 23 nitrogen and oxygen atoms in total. The number of hydrogen-bond acceptors (Lipinski definition) is 23. The zero-order valence-corrected chi connectivity index (χ0v) is 33.3. The topological polar surface area (TPSA) is 339 Å². The fraction of sp³-hybridized carbons (Fsp3) is 0.475. The highest BCUT2D eigenvalue weighted by Gasteiger charge is 2.58. The number of benzene rings is 2. The van der Waals surface area contributed by atoms with E-state index in [2.05, 4.69) is 6.58 Å². The van der Waals surface area contributed by atoms with Crippen LogP contribution in [0.15, 0.2) is 60.9 Å². The third kappa shape index (κ3) is 9.50. The van der Waals surface area contributed by atoms with Crippen LogP contribution in [0.25, 0.3) is 0 Å². The third-order valence-corrected chi connectivity index (χ3v) is 10.5. The van der Waals surface area contributed by atoms with E-state index in [1.165, 1.54) is 18.2 Å². The van der Waals surface area contributed by atoms with Gasteiger partial charge in [0.2, 0.25) is 18.9 Å². The van der Waals surface area contributed by atoms with Crippen molar-refractivity contribution in [3.05, 3.63) is 72.0 Å². The van der Waals surface area contributed by atoms with E-state index in [0.29, 0.717) is 0 Å². The number of phenols is 3. The molecule has 0 aromatic heterocycles. The minimum absolute atomic E-state index is 0.143. The standard InChI is InChI=1S/C40H44O23/c1-4-20-37(56-14-21-36(52)54-12-11-40(20,21)53)63-39-33(62-34(50)18-7-5-9-22(44)26(18)45)32(57-17(3)43)31(25(60-39)15-55-16(2)42)61-35(51)19-8-6-10-23(27(19)46)58-38-30(49)29(48)28(47)24(13-41)59-38/h4-10,14,20,24-25,28-33,37-39,41,44-49,53H,1,11-13,15H2,2-3H3/t20-,24+,25+,28+,29-,30+,31+,32+,33+,37+,38+,39+,40+/m0/s1. The minimum Gasteiger partial charge on any atom is -0.504 e. The maximum absolute atomic E-state index is 14.0. The number of para-hydroxylation sites is 2. The second-order valence-corrected chi connectivity index (χ2v) is 14.5. The van der Waals surface area contributed by atoms with Gasteiger partial charge < -0.3 is 88.2 Å². The number of ether oxygens (including phenoxy) is 10. The highest BCUT2D eigenvalue weighted by molar-refractivity contribution is 5.94. The molecule has 0 aliphatic carbocycles. The minimum atomic E-state index is -2.05. The average molecular weight is 893 g/mol. The number of carbonyl (C=O) groups is 5. The molecule has 23 heteroatoms. The molecule has 0 spiro atoms. The number of phenolic OH excluding ortho intramolecular Hbond substituents is 3. The van der Waals surface area contributed by atoms with Gasteiger partial charge in [0, 0.05) is 20.3 Å². The van der Waals surface area contributed by atoms with Gasteiger partial charge in [0.25, 0.3) is 0 Å². The lowest BCUT2D eigenvalue weighted by Gasteiger charge is -2.48. The lowest BCUT2D eigenvalue weighted by Crippen LogP contribution is -2.64. The lowest BCUT2D eigenvalue weighted by atomic mass is 9.76. The SMILES string of the molecule is C=C[C@H]1[C@@H](O[C@H]2O[C@H](COC(C)=O)[C@@H](OC(=O)c3cccc(O[C@@H]4O[C@H](CO)[C@@H](O)[C@H](O)[C@H]4O)c3O)[C@@H](OC(C)=O)[C@H]2OC(=O)c2cccc(O)c2O)OC=C2C(=O)OCC[C@]21O. The molecule has 6 rings (SSSR count). The molecule has 4 aliphatic heterocycles. The van der Waals surface area contributed by atoms with Crippen LogP contribution >= 0.6 is 0 Å². The molecule has 0 saturated carbocycles. The van der Waals surface area contributed by atoms with Gasteiger partial charge >= 0.3 is 29.8 Å². The Kier molecular flexibility index (Phi) is 14.1. The largest absolute Gasteiger partial charge is 0.504 e. The van der Waals surface area contributed by atoms with E-state index in [0.717, 1.165) is 44.4 Å². The van der Waals surface area contributed by atoms with Crippen LogP contribution in [0, 0.1) is 5.92 Å². The molecule has 0 radical (unpaired) electrons. The molecule has 3 saturated heterocycles. The van der Waals surface area contributed by atoms with Crippen molar-refractivity contribution in [2.24, 2.45) is 5.92 Å². The molecular weight excluding hydrogens is 848 g/mol. The molecule has 342 valence electrons. The van der Waals surface area contributed by atoms with Crippen LogP contribution in [0.3, 0.4) is 0 Å². The molecule has 2 aromatic rings. The summed E-state index contributed by atoms with van der Waals surface area (Å²) in [6.45, 7) is 3.89. The van der Waals surface area contributed by atoms with Crippen molar-refractivity contribution in [3.63, 3.8) is 0 Å². The highest BCUT2D eigenvalue weighted by atomic mass is 16.8. The first kappa shape index (κ1) is 46.5. The summed E-state index contributed by atoms with van der Waals surface area (Å²) in [5.41, 5.74) is -3.52. The normalized spacial score (nSPS) is 32.6. The zero-order valence-electron chi connectivity index (χ0n) is 33.3. The summed E-state index contributed by atoms with van der Waals surface area (Å²) in [5, 5.41) is 84.0. The van der Waals surface area contributed by atoms with Gasteiger partial charge in [-0.3, -0.25) is 9.59 Å². The van der Waals surface area contributed by atoms with Crippen LogP contribution in [-0.2, 0) is 57.0 Å². The lowest BCUT2D eigenvalue weighted by molar-refractivity contribution is -0.343. The molecule has 4 aliphatic rings. The molecule has 0 unspecified atom stereocenters. The first-order valence-electron chi connectivity index (χ1n) is 19.1. The quantitative estimate of drug-likeness (QED) is 0.0501. The number of rotatable bonds is 13. The molecule has 0 amide bonds. The number of aliphatic hydroxyl groups excluding tert-OH is 4. The average Bonchev–Trinajstić information content (AvgIpc) is 3.23. The molecule has 13 atom stereocenters. The van der Waals surface area contributed by atoms with Crippen molar-refractivity contribution < 1.29 is 112 Å². The van der Waals surface area contributed by atoms with Gasteiger partial charge in [-0.1, -0.05) is 18.2 Å². The van der Waals surface area contributed by atoms with E-state index >= 15 is 0 Å². The number of carbonyl (C=O) groups excluding carboxylic acids is 5. The van der Waals surface area contributed by atoms with Crippen molar-refractivity contribution >= 4 is 29.8 Å². The number of hydrogen-bond donors (Lipinski definition) is 8. The summed E-state index contributed by atoms with van der Waals surface area (Å²) in [5.74, 6) is -10.0. The highest BCUT2D eigenvalue weighted by Crippen LogP contribution is 2.43. The van der Waals surface area contributed by atoms with Gasteiger partial charge in [-0.2, -0.15) is 0 Å². The predicted octanol–water partition coefficient (Wildman–Crippen LogP) is -1.31.